The van der Waals surface area contributed by atoms with Crippen molar-refractivity contribution >= 4 is 15.5 Å². The van der Waals surface area contributed by atoms with Gasteiger partial charge in [-0.25, -0.2) is 8.42 Å². The van der Waals surface area contributed by atoms with E-state index in [0.717, 1.165) is 11.3 Å². The molecular weight excluding hydrogens is 224 g/mol. The molecular formula is C11H18N2O2S. The standard InChI is InChI=1S/C11H18N2O2S/c1-13(2)10-6-4-9(5-7-10)11(12)8-16(3,14)15/h4-7,11H,8,12H2,1-3H3. The molecule has 0 saturated heterocycles. The molecule has 0 bridgehead atoms. The van der Waals surface area contributed by atoms with Gasteiger partial charge in [0.1, 0.15) is 9.84 Å². The summed E-state index contributed by atoms with van der Waals surface area (Å²) in [7, 11) is 0.866. The van der Waals surface area contributed by atoms with Crippen molar-refractivity contribution in [2.75, 3.05) is 31.0 Å². The largest absolute Gasteiger partial charge is 0.378 e. The highest BCUT2D eigenvalue weighted by Crippen LogP contribution is 2.17. The molecule has 0 aliphatic heterocycles. The van der Waals surface area contributed by atoms with Crippen LogP contribution in [-0.4, -0.2) is 34.5 Å². The molecule has 16 heavy (non-hydrogen) atoms. The predicted octanol–water partition coefficient (Wildman–Crippen LogP) is 0.797. The summed E-state index contributed by atoms with van der Waals surface area (Å²) in [5, 5.41) is 0. The van der Waals surface area contributed by atoms with Gasteiger partial charge in [-0.2, -0.15) is 0 Å². The van der Waals surface area contributed by atoms with Crippen LogP contribution in [0.1, 0.15) is 11.6 Å². The van der Waals surface area contributed by atoms with Gasteiger partial charge in [0.2, 0.25) is 0 Å². The first-order valence-corrected chi connectivity index (χ1v) is 7.06. The molecule has 0 amide bonds. The van der Waals surface area contributed by atoms with Gasteiger partial charge in [-0.1, -0.05) is 12.1 Å². The van der Waals surface area contributed by atoms with E-state index < -0.39 is 15.9 Å². The molecule has 0 aliphatic carbocycles. The second kappa shape index (κ2) is 4.84. The van der Waals surface area contributed by atoms with Gasteiger partial charge in [-0.05, 0) is 17.7 Å². The molecule has 1 rings (SSSR count). The molecule has 90 valence electrons. The molecule has 0 aromatic heterocycles. The number of hydrogen-bond acceptors (Lipinski definition) is 4. The first kappa shape index (κ1) is 13.0. The summed E-state index contributed by atoms with van der Waals surface area (Å²) in [6.45, 7) is 0. The molecule has 1 aromatic carbocycles. The van der Waals surface area contributed by atoms with Crippen molar-refractivity contribution in [1.29, 1.82) is 0 Å². The Morgan fingerprint density at radius 3 is 2.12 bits per heavy atom. The van der Waals surface area contributed by atoms with Crippen LogP contribution in [0.4, 0.5) is 5.69 Å². The molecule has 0 aliphatic rings. The SMILES string of the molecule is CN(C)c1ccc(C(N)CS(C)(=O)=O)cc1. The van der Waals surface area contributed by atoms with Crippen LogP contribution in [0.5, 0.6) is 0 Å². The van der Waals surface area contributed by atoms with Crippen LogP contribution in [0, 0.1) is 0 Å². The Labute approximate surface area is 97.0 Å². The van der Waals surface area contributed by atoms with E-state index in [9.17, 15) is 8.42 Å². The quantitative estimate of drug-likeness (QED) is 0.848. The van der Waals surface area contributed by atoms with Crippen LogP contribution in [0.15, 0.2) is 24.3 Å². The molecule has 0 fully saturated rings. The van der Waals surface area contributed by atoms with Crippen LogP contribution in [0.25, 0.3) is 0 Å². The Balaban J connectivity index is 2.82. The molecule has 5 heteroatoms. The summed E-state index contributed by atoms with van der Waals surface area (Å²) in [4.78, 5) is 1.98. The fourth-order valence-corrected chi connectivity index (χ4v) is 2.29. The Bertz CT molecular complexity index is 438. The minimum Gasteiger partial charge on any atom is -0.378 e. The Hall–Kier alpha value is -1.07. The van der Waals surface area contributed by atoms with Crippen molar-refractivity contribution in [3.63, 3.8) is 0 Å². The monoisotopic (exact) mass is 242 g/mol. The van der Waals surface area contributed by atoms with Crippen molar-refractivity contribution in [2.45, 2.75) is 6.04 Å². The van der Waals surface area contributed by atoms with Gasteiger partial charge in [-0.15, -0.1) is 0 Å². The first-order valence-electron chi connectivity index (χ1n) is 5.00. The van der Waals surface area contributed by atoms with Gasteiger partial charge in [0.25, 0.3) is 0 Å². The zero-order valence-electron chi connectivity index (χ0n) is 9.84. The van der Waals surface area contributed by atoms with Crippen molar-refractivity contribution in [2.24, 2.45) is 5.73 Å². The molecule has 0 saturated carbocycles. The minimum absolute atomic E-state index is 0.0195. The molecule has 1 atom stereocenters. The van der Waals surface area contributed by atoms with Gasteiger partial charge in [0, 0.05) is 32.1 Å². The third-order valence-electron chi connectivity index (χ3n) is 2.32. The molecule has 1 aromatic rings. The summed E-state index contributed by atoms with van der Waals surface area (Å²) in [5.41, 5.74) is 7.72. The van der Waals surface area contributed by atoms with E-state index in [1.165, 1.54) is 6.26 Å². The molecule has 0 spiro atoms. The Kier molecular flexibility index (Phi) is 3.93. The van der Waals surface area contributed by atoms with Gasteiger partial charge in [-0.3, -0.25) is 0 Å². The van der Waals surface area contributed by atoms with Crippen LogP contribution in [0.3, 0.4) is 0 Å². The van der Waals surface area contributed by atoms with Crippen molar-refractivity contribution in [1.82, 2.24) is 0 Å². The molecule has 0 heterocycles. The number of benzene rings is 1. The van der Waals surface area contributed by atoms with Crippen molar-refractivity contribution < 1.29 is 8.42 Å². The molecule has 4 nitrogen and oxygen atoms in total. The van der Waals surface area contributed by atoms with Crippen LogP contribution < -0.4 is 10.6 Å². The molecule has 1 unspecified atom stereocenters. The average Bonchev–Trinajstić information content (AvgIpc) is 2.15. The third kappa shape index (κ3) is 3.83. The second-order valence-corrected chi connectivity index (χ2v) is 6.37. The van der Waals surface area contributed by atoms with E-state index in [2.05, 4.69) is 0 Å². The summed E-state index contributed by atoms with van der Waals surface area (Å²) in [6.07, 6.45) is 1.20. The molecule has 2 N–H and O–H groups in total. The van der Waals surface area contributed by atoms with Gasteiger partial charge < -0.3 is 10.6 Å². The molecule has 0 radical (unpaired) electrons. The lowest BCUT2D eigenvalue weighted by Gasteiger charge is -2.15. The van der Waals surface area contributed by atoms with Crippen LogP contribution >= 0.6 is 0 Å². The van der Waals surface area contributed by atoms with Crippen LogP contribution in [0.2, 0.25) is 0 Å². The van der Waals surface area contributed by atoms with Gasteiger partial charge >= 0.3 is 0 Å². The highest BCUT2D eigenvalue weighted by atomic mass is 32.2. The smallest absolute Gasteiger partial charge is 0.149 e. The van der Waals surface area contributed by atoms with Gasteiger partial charge in [0.05, 0.1) is 5.75 Å². The Morgan fingerprint density at radius 1 is 1.25 bits per heavy atom. The lowest BCUT2D eigenvalue weighted by atomic mass is 10.1. The second-order valence-electron chi connectivity index (χ2n) is 4.18. The van der Waals surface area contributed by atoms with Crippen LogP contribution in [-0.2, 0) is 9.84 Å². The van der Waals surface area contributed by atoms with Gasteiger partial charge in [0.15, 0.2) is 0 Å². The van der Waals surface area contributed by atoms with E-state index in [1.807, 2.05) is 43.3 Å². The summed E-state index contributed by atoms with van der Waals surface area (Å²) in [5.74, 6) is -0.0195. The minimum atomic E-state index is -3.03. The van der Waals surface area contributed by atoms with E-state index in [1.54, 1.807) is 0 Å². The summed E-state index contributed by atoms with van der Waals surface area (Å²) >= 11 is 0. The zero-order valence-corrected chi connectivity index (χ0v) is 10.7. The Morgan fingerprint density at radius 2 is 1.75 bits per heavy atom. The number of nitrogens with zero attached hydrogens (tertiary/aromatic N) is 1. The highest BCUT2D eigenvalue weighted by molar-refractivity contribution is 7.90. The third-order valence-corrected chi connectivity index (χ3v) is 3.28. The lowest BCUT2D eigenvalue weighted by Crippen LogP contribution is -2.20. The van der Waals surface area contributed by atoms with Crippen molar-refractivity contribution in [3.8, 4) is 0 Å². The first-order chi connectivity index (χ1) is 7.29. The zero-order chi connectivity index (χ0) is 12.3. The van der Waals surface area contributed by atoms with E-state index in [-0.39, 0.29) is 5.75 Å². The normalized spacial score (nSPS) is 13.5. The fraction of sp³-hybridized carbons (Fsp3) is 0.455. The number of hydrogen-bond donors (Lipinski definition) is 1. The van der Waals surface area contributed by atoms with Crippen molar-refractivity contribution in [3.05, 3.63) is 29.8 Å². The maximum Gasteiger partial charge on any atom is 0.149 e. The number of nitrogens with two attached hydrogens (primary N) is 1. The van der Waals surface area contributed by atoms with E-state index >= 15 is 0 Å². The van der Waals surface area contributed by atoms with E-state index in [0.29, 0.717) is 0 Å². The topological polar surface area (TPSA) is 63.4 Å². The highest BCUT2D eigenvalue weighted by Gasteiger charge is 2.12. The predicted molar refractivity (Wildman–Crippen MR) is 67.4 cm³/mol. The fourth-order valence-electron chi connectivity index (χ4n) is 1.44. The maximum absolute atomic E-state index is 11.1. The average molecular weight is 242 g/mol. The number of rotatable bonds is 4. The van der Waals surface area contributed by atoms with E-state index in [4.69, 9.17) is 5.73 Å². The number of anilines is 1. The summed E-state index contributed by atoms with van der Waals surface area (Å²) in [6, 6.07) is 7.14. The summed E-state index contributed by atoms with van der Waals surface area (Å²) < 4.78 is 22.2. The lowest BCUT2D eigenvalue weighted by molar-refractivity contribution is 0.595. The number of sulfone groups is 1. The maximum atomic E-state index is 11.1.